The summed E-state index contributed by atoms with van der Waals surface area (Å²) < 4.78 is 21.7. The van der Waals surface area contributed by atoms with E-state index < -0.39 is 5.97 Å². The lowest BCUT2D eigenvalue weighted by Gasteiger charge is -2.01. The molecule has 0 saturated carbocycles. The van der Waals surface area contributed by atoms with Crippen LogP contribution >= 0.6 is 11.6 Å². The summed E-state index contributed by atoms with van der Waals surface area (Å²) in [5.74, 6) is 2.06. The number of cyclic esters (lactones) is 1. The summed E-state index contributed by atoms with van der Waals surface area (Å²) in [5.41, 5.74) is 1.67. The number of esters is 1. The van der Waals surface area contributed by atoms with Gasteiger partial charge < -0.3 is 18.6 Å². The van der Waals surface area contributed by atoms with Gasteiger partial charge in [0.25, 0.3) is 0 Å². The van der Waals surface area contributed by atoms with Crippen molar-refractivity contribution < 1.29 is 23.4 Å². The molecule has 6 nitrogen and oxygen atoms in total. The number of furan rings is 1. The second kappa shape index (κ2) is 6.58. The zero-order chi connectivity index (χ0) is 19.1. The highest BCUT2D eigenvalue weighted by Crippen LogP contribution is 2.34. The van der Waals surface area contributed by atoms with Gasteiger partial charge in [0, 0.05) is 22.2 Å². The van der Waals surface area contributed by atoms with Gasteiger partial charge in [0.15, 0.2) is 17.2 Å². The highest BCUT2D eigenvalue weighted by Gasteiger charge is 2.26. The molecule has 3 aromatic rings. The Morgan fingerprint density at radius 2 is 1.71 bits per heavy atom. The summed E-state index contributed by atoms with van der Waals surface area (Å²) in [6.07, 6.45) is 1.54. The largest absolute Gasteiger partial charge is 0.457 e. The fourth-order valence-corrected chi connectivity index (χ4v) is 3.02. The first-order chi connectivity index (χ1) is 13.7. The molecule has 5 rings (SSSR count). The smallest absolute Gasteiger partial charge is 0.363 e. The number of benzene rings is 2. The Kier molecular flexibility index (Phi) is 3.91. The van der Waals surface area contributed by atoms with Crippen LogP contribution in [0.5, 0.6) is 11.5 Å². The van der Waals surface area contributed by atoms with E-state index in [2.05, 4.69) is 4.99 Å². The van der Waals surface area contributed by atoms with Crippen molar-refractivity contribution in [2.24, 2.45) is 4.99 Å². The molecule has 0 amide bonds. The van der Waals surface area contributed by atoms with Crippen LogP contribution in [0.1, 0.15) is 11.3 Å². The molecule has 0 bridgehead atoms. The van der Waals surface area contributed by atoms with Gasteiger partial charge in [-0.05, 0) is 54.6 Å². The van der Waals surface area contributed by atoms with E-state index in [9.17, 15) is 4.79 Å². The number of hydrogen-bond acceptors (Lipinski definition) is 6. The van der Waals surface area contributed by atoms with Crippen LogP contribution in [-0.4, -0.2) is 18.7 Å². The Bertz CT molecular complexity index is 1140. The molecule has 2 aromatic carbocycles. The Labute approximate surface area is 164 Å². The number of fused-ring (bicyclic) bond motifs is 1. The van der Waals surface area contributed by atoms with Crippen molar-refractivity contribution in [2.45, 2.75) is 0 Å². The summed E-state index contributed by atoms with van der Waals surface area (Å²) in [6.45, 7) is 0.171. The summed E-state index contributed by atoms with van der Waals surface area (Å²) in [5, 5.41) is 0.650. The molecule has 7 heteroatoms. The van der Waals surface area contributed by atoms with Gasteiger partial charge in [-0.1, -0.05) is 11.6 Å². The van der Waals surface area contributed by atoms with Crippen molar-refractivity contribution >= 4 is 29.5 Å². The van der Waals surface area contributed by atoms with E-state index >= 15 is 0 Å². The van der Waals surface area contributed by atoms with Gasteiger partial charge in [-0.2, -0.15) is 0 Å². The fraction of sp³-hybridized carbons (Fsp3) is 0.0476. The monoisotopic (exact) mass is 393 g/mol. The zero-order valence-corrected chi connectivity index (χ0v) is 15.1. The number of carbonyl (C=O) groups excluding carboxylic acids is 1. The zero-order valence-electron chi connectivity index (χ0n) is 14.3. The molecule has 28 heavy (non-hydrogen) atoms. The second-order valence-electron chi connectivity index (χ2n) is 6.11. The summed E-state index contributed by atoms with van der Waals surface area (Å²) in [6, 6.07) is 16.1. The molecule has 0 radical (unpaired) electrons. The first-order valence-electron chi connectivity index (χ1n) is 8.44. The second-order valence-corrected chi connectivity index (χ2v) is 6.55. The Hall–Kier alpha value is -3.51. The molecule has 0 aliphatic carbocycles. The molecule has 0 N–H and O–H groups in total. The van der Waals surface area contributed by atoms with Gasteiger partial charge in [-0.15, -0.1) is 0 Å². The maximum atomic E-state index is 12.2. The van der Waals surface area contributed by atoms with Gasteiger partial charge in [0.1, 0.15) is 11.5 Å². The topological polar surface area (TPSA) is 70.3 Å². The Morgan fingerprint density at radius 3 is 2.57 bits per heavy atom. The number of aliphatic imine (C=N–C) groups is 1. The molecule has 1 aromatic heterocycles. The molecular formula is C21H12ClNO5. The predicted octanol–water partition coefficient (Wildman–Crippen LogP) is 4.67. The number of hydrogen-bond donors (Lipinski definition) is 0. The van der Waals surface area contributed by atoms with Crippen molar-refractivity contribution in [3.63, 3.8) is 0 Å². The highest BCUT2D eigenvalue weighted by molar-refractivity contribution is 6.30. The summed E-state index contributed by atoms with van der Waals surface area (Å²) in [7, 11) is 0. The van der Waals surface area contributed by atoms with E-state index in [-0.39, 0.29) is 18.4 Å². The maximum absolute atomic E-state index is 12.2. The van der Waals surface area contributed by atoms with Crippen LogP contribution in [0.2, 0.25) is 5.02 Å². The van der Waals surface area contributed by atoms with Crippen LogP contribution in [0.4, 0.5) is 0 Å². The third kappa shape index (κ3) is 3.04. The molecule has 0 fully saturated rings. The van der Waals surface area contributed by atoms with Crippen molar-refractivity contribution in [1.82, 2.24) is 0 Å². The Morgan fingerprint density at radius 1 is 0.929 bits per heavy atom. The third-order valence-electron chi connectivity index (χ3n) is 4.27. The number of ether oxygens (including phenoxy) is 3. The normalized spacial score (nSPS) is 16.4. The van der Waals surface area contributed by atoms with Crippen molar-refractivity contribution in [3.05, 3.63) is 76.6 Å². The van der Waals surface area contributed by atoms with Crippen molar-refractivity contribution in [2.75, 3.05) is 6.79 Å². The van der Waals surface area contributed by atoms with E-state index in [0.29, 0.717) is 33.6 Å². The number of halogens is 1. The van der Waals surface area contributed by atoms with Gasteiger partial charge in [-0.25, -0.2) is 9.79 Å². The molecule has 2 aliphatic heterocycles. The molecule has 2 aliphatic rings. The standard InChI is InChI=1S/C21H12ClNO5/c22-14-4-1-12(2-5-14)17-8-6-15(27-17)10-16-21(24)28-20(23-16)13-3-7-18-19(9-13)26-11-25-18/h1-10H,11H2/b16-10+. The average molecular weight is 394 g/mol. The fourth-order valence-electron chi connectivity index (χ4n) is 2.90. The minimum Gasteiger partial charge on any atom is -0.457 e. The van der Waals surface area contributed by atoms with Crippen LogP contribution < -0.4 is 9.47 Å². The van der Waals surface area contributed by atoms with E-state index in [0.717, 1.165) is 5.56 Å². The molecule has 0 atom stereocenters. The van der Waals surface area contributed by atoms with E-state index in [1.54, 1.807) is 42.5 Å². The lowest BCUT2D eigenvalue weighted by molar-refractivity contribution is -0.129. The first kappa shape index (κ1) is 16.6. The highest BCUT2D eigenvalue weighted by atomic mass is 35.5. The summed E-state index contributed by atoms with van der Waals surface area (Å²) >= 11 is 5.91. The lowest BCUT2D eigenvalue weighted by atomic mass is 10.2. The van der Waals surface area contributed by atoms with Crippen molar-refractivity contribution in [3.8, 4) is 22.8 Å². The quantitative estimate of drug-likeness (QED) is 0.477. The summed E-state index contributed by atoms with van der Waals surface area (Å²) in [4.78, 5) is 16.5. The van der Waals surface area contributed by atoms with Crippen LogP contribution in [0.3, 0.4) is 0 Å². The molecule has 138 valence electrons. The lowest BCUT2D eigenvalue weighted by Crippen LogP contribution is -2.05. The number of carbonyl (C=O) groups is 1. The van der Waals surface area contributed by atoms with E-state index in [1.807, 2.05) is 18.2 Å². The predicted molar refractivity (Wildman–Crippen MR) is 102 cm³/mol. The van der Waals surface area contributed by atoms with Gasteiger partial charge in [-0.3, -0.25) is 0 Å². The van der Waals surface area contributed by atoms with Crippen LogP contribution in [0.25, 0.3) is 17.4 Å². The van der Waals surface area contributed by atoms with Gasteiger partial charge in [0.2, 0.25) is 12.7 Å². The van der Waals surface area contributed by atoms with Crippen molar-refractivity contribution in [1.29, 1.82) is 0 Å². The molecule has 0 saturated heterocycles. The molecule has 0 spiro atoms. The van der Waals surface area contributed by atoms with Crippen LogP contribution in [-0.2, 0) is 9.53 Å². The SMILES string of the molecule is O=C1OC(c2ccc3c(c2)OCO3)=N/C1=C/c1ccc(-c2ccc(Cl)cc2)o1. The number of nitrogens with zero attached hydrogens (tertiary/aromatic N) is 1. The van der Waals surface area contributed by atoms with Gasteiger partial charge >= 0.3 is 5.97 Å². The van der Waals surface area contributed by atoms with E-state index in [4.69, 9.17) is 30.2 Å². The van der Waals surface area contributed by atoms with E-state index in [1.165, 1.54) is 0 Å². The Balaban J connectivity index is 1.42. The third-order valence-corrected chi connectivity index (χ3v) is 4.53. The average Bonchev–Trinajstić information content (AvgIpc) is 3.43. The number of rotatable bonds is 3. The van der Waals surface area contributed by atoms with Gasteiger partial charge in [0.05, 0.1) is 0 Å². The van der Waals surface area contributed by atoms with Crippen LogP contribution in [0, 0.1) is 0 Å². The maximum Gasteiger partial charge on any atom is 0.363 e. The van der Waals surface area contributed by atoms with Crippen LogP contribution in [0.15, 0.2) is 69.7 Å². The first-order valence-corrected chi connectivity index (χ1v) is 8.82. The molecule has 3 heterocycles. The molecule has 0 unspecified atom stereocenters. The minimum absolute atomic E-state index is 0.157. The minimum atomic E-state index is -0.544. The molecular weight excluding hydrogens is 382 g/mol.